The van der Waals surface area contributed by atoms with Crippen LogP contribution < -0.4 is 10.5 Å². The minimum absolute atomic E-state index is 0.196. The molecule has 0 radical (unpaired) electrons. The number of aryl methyl sites for hydroxylation is 1. The molecule has 0 bridgehead atoms. The first-order chi connectivity index (χ1) is 11.1. The molecule has 3 aromatic heterocycles. The zero-order chi connectivity index (χ0) is 16.4. The zero-order valence-corrected chi connectivity index (χ0v) is 13.4. The Morgan fingerprint density at radius 2 is 2.00 bits per heavy atom. The van der Waals surface area contributed by atoms with E-state index in [4.69, 9.17) is 10.5 Å². The van der Waals surface area contributed by atoms with Gasteiger partial charge in [0.15, 0.2) is 0 Å². The molecule has 3 rings (SSSR count). The Kier molecular flexibility index (Phi) is 3.91. The Balaban J connectivity index is 2.17. The fourth-order valence-electron chi connectivity index (χ4n) is 2.16. The third-order valence-electron chi connectivity index (χ3n) is 3.26. The van der Waals surface area contributed by atoms with Gasteiger partial charge in [-0.2, -0.15) is 5.26 Å². The van der Waals surface area contributed by atoms with E-state index < -0.39 is 0 Å². The van der Waals surface area contributed by atoms with E-state index in [0.29, 0.717) is 16.7 Å². The second-order valence-electron chi connectivity index (χ2n) is 4.87. The number of pyridine rings is 1. The topological polar surface area (TPSA) is 97.7 Å². The number of anilines is 1. The van der Waals surface area contributed by atoms with Crippen LogP contribution >= 0.6 is 11.3 Å². The van der Waals surface area contributed by atoms with Crippen molar-refractivity contribution in [2.24, 2.45) is 0 Å². The van der Waals surface area contributed by atoms with E-state index in [1.165, 1.54) is 7.11 Å². The fraction of sp³-hybridized carbons (Fsp3) is 0.125. The van der Waals surface area contributed by atoms with Crippen LogP contribution in [0.1, 0.15) is 11.1 Å². The number of rotatable bonds is 3. The molecule has 3 aromatic rings. The summed E-state index contributed by atoms with van der Waals surface area (Å²) in [7, 11) is 1.50. The average molecular weight is 323 g/mol. The molecular formula is C16H13N5OS. The number of hydrogen-bond acceptors (Lipinski definition) is 7. The third kappa shape index (κ3) is 2.84. The van der Waals surface area contributed by atoms with Crippen molar-refractivity contribution in [3.8, 4) is 33.8 Å². The molecule has 6 nitrogen and oxygen atoms in total. The first kappa shape index (κ1) is 14.9. The van der Waals surface area contributed by atoms with Crippen LogP contribution in [0.3, 0.4) is 0 Å². The Hall–Kier alpha value is -2.98. The maximum Gasteiger partial charge on any atom is 0.316 e. The maximum absolute atomic E-state index is 9.39. The van der Waals surface area contributed by atoms with Crippen molar-refractivity contribution >= 4 is 17.2 Å². The number of nitrogens with zero attached hydrogens (tertiary/aromatic N) is 4. The highest BCUT2D eigenvalue weighted by molar-refractivity contribution is 7.13. The summed E-state index contributed by atoms with van der Waals surface area (Å²) in [6, 6.07) is 6.24. The molecule has 0 unspecified atom stereocenters. The molecule has 0 saturated carbocycles. The van der Waals surface area contributed by atoms with E-state index in [0.717, 1.165) is 16.1 Å². The Bertz CT molecular complexity index is 896. The SMILES string of the molecule is COc1ncc(-c2cc(-c3cc(C)cs3)nc(N)c2C#N)cn1. The highest BCUT2D eigenvalue weighted by Gasteiger charge is 2.15. The largest absolute Gasteiger partial charge is 0.467 e. The summed E-state index contributed by atoms with van der Waals surface area (Å²) in [5, 5.41) is 11.4. The molecule has 0 atom stereocenters. The minimum atomic E-state index is 0.196. The van der Waals surface area contributed by atoms with Crippen LogP contribution in [0, 0.1) is 18.3 Å². The first-order valence-corrected chi connectivity index (χ1v) is 7.63. The molecule has 2 N–H and O–H groups in total. The van der Waals surface area contributed by atoms with Crippen molar-refractivity contribution < 1.29 is 4.74 Å². The van der Waals surface area contributed by atoms with Crippen molar-refractivity contribution in [3.05, 3.63) is 41.0 Å². The second-order valence-corrected chi connectivity index (χ2v) is 5.79. The Morgan fingerprint density at radius 1 is 1.26 bits per heavy atom. The van der Waals surface area contributed by atoms with Gasteiger partial charge in [-0.3, -0.25) is 0 Å². The monoisotopic (exact) mass is 323 g/mol. The standard InChI is InChI=1S/C16H13N5OS/c1-9-3-14(23-8-9)13-4-11(12(5-17)15(18)21-13)10-6-19-16(22-2)20-7-10/h3-4,6-8H,1-2H3,(H2,18,21). The van der Waals surface area contributed by atoms with Crippen LogP contribution in [0.5, 0.6) is 6.01 Å². The molecule has 0 aliphatic heterocycles. The first-order valence-electron chi connectivity index (χ1n) is 6.75. The van der Waals surface area contributed by atoms with Gasteiger partial charge in [-0.1, -0.05) is 0 Å². The van der Waals surface area contributed by atoms with Gasteiger partial charge in [0.1, 0.15) is 17.5 Å². The van der Waals surface area contributed by atoms with E-state index in [1.54, 1.807) is 23.7 Å². The highest BCUT2D eigenvalue weighted by Crippen LogP contribution is 2.33. The van der Waals surface area contributed by atoms with Gasteiger partial charge >= 0.3 is 6.01 Å². The predicted octanol–water partition coefficient (Wildman–Crippen LogP) is 3.04. The average Bonchev–Trinajstić information content (AvgIpc) is 3.00. The van der Waals surface area contributed by atoms with Crippen molar-refractivity contribution in [3.63, 3.8) is 0 Å². The molecule has 114 valence electrons. The number of thiophene rings is 1. The number of nitrogen functional groups attached to an aromatic ring is 1. The Labute approximate surface area is 137 Å². The molecule has 0 fully saturated rings. The summed E-state index contributed by atoms with van der Waals surface area (Å²) in [4.78, 5) is 13.5. The Morgan fingerprint density at radius 3 is 2.57 bits per heavy atom. The van der Waals surface area contributed by atoms with Crippen LogP contribution in [0.15, 0.2) is 29.9 Å². The molecule has 23 heavy (non-hydrogen) atoms. The molecule has 0 saturated heterocycles. The molecule has 7 heteroatoms. The summed E-state index contributed by atoms with van der Waals surface area (Å²) in [5.74, 6) is 0.196. The van der Waals surface area contributed by atoms with E-state index >= 15 is 0 Å². The van der Waals surface area contributed by atoms with Crippen LogP contribution in [-0.2, 0) is 0 Å². The van der Waals surface area contributed by atoms with E-state index in [-0.39, 0.29) is 11.8 Å². The van der Waals surface area contributed by atoms with Crippen LogP contribution in [0.4, 0.5) is 5.82 Å². The summed E-state index contributed by atoms with van der Waals surface area (Å²) in [6.45, 7) is 2.02. The zero-order valence-electron chi connectivity index (χ0n) is 12.6. The van der Waals surface area contributed by atoms with E-state index in [2.05, 4.69) is 21.0 Å². The van der Waals surface area contributed by atoms with Gasteiger partial charge in [0.25, 0.3) is 0 Å². The van der Waals surface area contributed by atoms with Crippen LogP contribution in [-0.4, -0.2) is 22.1 Å². The summed E-state index contributed by atoms with van der Waals surface area (Å²) >= 11 is 1.58. The second kappa shape index (κ2) is 6.02. The van der Waals surface area contributed by atoms with Crippen molar-refractivity contribution in [2.45, 2.75) is 6.92 Å². The number of methoxy groups -OCH3 is 1. The molecule has 0 aliphatic rings. The number of aromatic nitrogens is 3. The van der Waals surface area contributed by atoms with Crippen molar-refractivity contribution in [2.75, 3.05) is 12.8 Å². The van der Waals surface area contributed by atoms with Gasteiger partial charge in [-0.25, -0.2) is 15.0 Å². The molecule has 3 heterocycles. The summed E-state index contributed by atoms with van der Waals surface area (Å²) in [5.41, 5.74) is 9.52. The van der Waals surface area contributed by atoms with Crippen LogP contribution in [0.2, 0.25) is 0 Å². The van der Waals surface area contributed by atoms with Gasteiger partial charge < -0.3 is 10.5 Å². The summed E-state index contributed by atoms with van der Waals surface area (Å²) < 4.78 is 4.96. The van der Waals surface area contributed by atoms with Gasteiger partial charge in [-0.05, 0) is 30.0 Å². The van der Waals surface area contributed by atoms with E-state index in [9.17, 15) is 5.26 Å². The number of ether oxygens (including phenoxy) is 1. The molecule has 0 amide bonds. The lowest BCUT2D eigenvalue weighted by molar-refractivity contribution is 0.380. The molecule has 0 spiro atoms. The van der Waals surface area contributed by atoms with Crippen molar-refractivity contribution in [1.82, 2.24) is 15.0 Å². The maximum atomic E-state index is 9.39. The predicted molar refractivity (Wildman–Crippen MR) is 89.0 cm³/mol. The van der Waals surface area contributed by atoms with Gasteiger partial charge in [0.05, 0.1) is 17.7 Å². The lowest BCUT2D eigenvalue weighted by atomic mass is 10.0. The van der Waals surface area contributed by atoms with Crippen molar-refractivity contribution in [1.29, 1.82) is 5.26 Å². The molecule has 0 aliphatic carbocycles. The minimum Gasteiger partial charge on any atom is -0.467 e. The molecule has 0 aromatic carbocycles. The third-order valence-corrected chi connectivity index (χ3v) is 4.33. The van der Waals surface area contributed by atoms with E-state index in [1.807, 2.05) is 24.4 Å². The van der Waals surface area contributed by atoms with Crippen LogP contribution in [0.25, 0.3) is 21.7 Å². The van der Waals surface area contributed by atoms with Gasteiger partial charge in [-0.15, -0.1) is 11.3 Å². The lowest BCUT2D eigenvalue weighted by Crippen LogP contribution is -2.00. The normalized spacial score (nSPS) is 10.3. The summed E-state index contributed by atoms with van der Waals surface area (Å²) in [6.07, 6.45) is 3.20. The molecular weight excluding hydrogens is 310 g/mol. The lowest BCUT2D eigenvalue weighted by Gasteiger charge is -2.09. The quantitative estimate of drug-likeness (QED) is 0.795. The smallest absolute Gasteiger partial charge is 0.316 e. The number of nitrogens with two attached hydrogens (primary N) is 1. The van der Waals surface area contributed by atoms with Gasteiger partial charge in [0, 0.05) is 23.5 Å². The van der Waals surface area contributed by atoms with Gasteiger partial charge in [0.2, 0.25) is 0 Å². The fourth-order valence-corrected chi connectivity index (χ4v) is 3.02. The number of nitriles is 1. The number of hydrogen-bond donors (Lipinski definition) is 1. The highest BCUT2D eigenvalue weighted by atomic mass is 32.1.